The lowest BCUT2D eigenvalue weighted by molar-refractivity contribution is -0.110. The molecule has 0 aromatic heterocycles. The van der Waals surface area contributed by atoms with Crippen LogP contribution < -0.4 is 0 Å². The van der Waals surface area contributed by atoms with Crippen LogP contribution in [0.2, 0.25) is 0 Å². The molecule has 3 rings (SSSR count). The van der Waals surface area contributed by atoms with Crippen LogP contribution in [0.3, 0.4) is 0 Å². The maximum atomic E-state index is 13.1. The zero-order chi connectivity index (χ0) is 22.8. The van der Waals surface area contributed by atoms with Crippen molar-refractivity contribution in [2.45, 2.75) is 66.2 Å². The van der Waals surface area contributed by atoms with Gasteiger partial charge in [-0.25, -0.2) is 0 Å². The number of ketones is 2. The number of aryl methyl sites for hydroxylation is 2. The van der Waals surface area contributed by atoms with E-state index >= 15 is 0 Å². The van der Waals surface area contributed by atoms with Crippen LogP contribution in [-0.4, -0.2) is 21.8 Å². The van der Waals surface area contributed by atoms with Gasteiger partial charge in [0.05, 0.1) is 5.57 Å². The SMILES string of the molecule is Cc1cc(C)c2c(c1)C(=O)C(=O)C(c1cc(C(C)(C)C)c(O)c(C(C)(C)C)c1)=C2O. The van der Waals surface area contributed by atoms with Crippen LogP contribution in [0.15, 0.2) is 24.3 Å². The Morgan fingerprint density at radius 3 is 1.70 bits per heavy atom. The van der Waals surface area contributed by atoms with Gasteiger partial charge in [-0.2, -0.15) is 0 Å². The topological polar surface area (TPSA) is 74.6 Å². The molecule has 4 nitrogen and oxygen atoms in total. The highest BCUT2D eigenvalue weighted by Gasteiger charge is 2.36. The Morgan fingerprint density at radius 2 is 1.23 bits per heavy atom. The van der Waals surface area contributed by atoms with Gasteiger partial charge >= 0.3 is 0 Å². The predicted octanol–water partition coefficient (Wildman–Crippen LogP) is 5.80. The third-order valence-electron chi connectivity index (χ3n) is 5.65. The summed E-state index contributed by atoms with van der Waals surface area (Å²) in [6, 6.07) is 6.97. The zero-order valence-electron chi connectivity index (χ0n) is 19.0. The van der Waals surface area contributed by atoms with Crippen molar-refractivity contribution in [1.29, 1.82) is 0 Å². The summed E-state index contributed by atoms with van der Waals surface area (Å²) >= 11 is 0. The number of fused-ring (bicyclic) bond motifs is 1. The predicted molar refractivity (Wildman–Crippen MR) is 120 cm³/mol. The van der Waals surface area contributed by atoms with E-state index in [1.54, 1.807) is 18.2 Å². The number of phenolic OH excluding ortho intramolecular Hbond substituents is 1. The fraction of sp³-hybridized carbons (Fsp3) is 0.385. The number of aliphatic hydroxyl groups excluding tert-OH is 1. The summed E-state index contributed by atoms with van der Waals surface area (Å²) in [6.45, 7) is 15.5. The fourth-order valence-corrected chi connectivity index (χ4v) is 4.12. The van der Waals surface area contributed by atoms with Crippen molar-refractivity contribution in [2.75, 3.05) is 0 Å². The second-order valence-electron chi connectivity index (χ2n) is 10.3. The van der Waals surface area contributed by atoms with E-state index in [-0.39, 0.29) is 22.6 Å². The third kappa shape index (κ3) is 3.45. The molecule has 0 spiro atoms. The number of allylic oxidation sites excluding steroid dienone is 1. The molecule has 0 atom stereocenters. The number of hydrogen-bond acceptors (Lipinski definition) is 4. The smallest absolute Gasteiger partial charge is 0.237 e. The molecule has 0 aliphatic heterocycles. The van der Waals surface area contributed by atoms with E-state index in [4.69, 9.17) is 0 Å². The quantitative estimate of drug-likeness (QED) is 0.587. The largest absolute Gasteiger partial charge is 0.507 e. The average Bonchev–Trinajstić information content (AvgIpc) is 2.58. The first-order chi connectivity index (χ1) is 13.6. The molecule has 0 fully saturated rings. The normalized spacial score (nSPS) is 14.9. The molecule has 158 valence electrons. The Labute approximate surface area is 178 Å². The molecule has 0 amide bonds. The lowest BCUT2D eigenvalue weighted by Crippen LogP contribution is -2.25. The number of carbonyl (C=O) groups is 2. The Bertz CT molecular complexity index is 1080. The maximum absolute atomic E-state index is 13.1. The van der Waals surface area contributed by atoms with Gasteiger partial charge in [-0.05, 0) is 54.0 Å². The second-order valence-corrected chi connectivity index (χ2v) is 10.3. The minimum absolute atomic E-state index is 0.00421. The average molecular weight is 407 g/mol. The molecule has 0 saturated carbocycles. The molecular formula is C26H30O4. The number of benzene rings is 2. The standard InChI is InChI=1S/C26H30O4/c1-13-9-14(2)19-16(10-13)21(27)24(30)20(23(19)29)15-11-17(25(3,4)5)22(28)18(12-15)26(6,7)8/h9-12,28-29H,1-8H3. The fourth-order valence-electron chi connectivity index (χ4n) is 4.12. The van der Waals surface area contributed by atoms with Crippen molar-refractivity contribution < 1.29 is 19.8 Å². The van der Waals surface area contributed by atoms with Crippen molar-refractivity contribution in [3.63, 3.8) is 0 Å². The van der Waals surface area contributed by atoms with Crippen molar-refractivity contribution in [3.05, 3.63) is 63.2 Å². The summed E-state index contributed by atoms with van der Waals surface area (Å²) in [7, 11) is 0. The van der Waals surface area contributed by atoms with Crippen LogP contribution in [-0.2, 0) is 15.6 Å². The molecule has 0 heterocycles. The molecule has 2 N–H and O–H groups in total. The van der Waals surface area contributed by atoms with Gasteiger partial charge in [-0.3, -0.25) is 9.59 Å². The van der Waals surface area contributed by atoms with Crippen LogP contribution in [0.1, 0.15) is 85.3 Å². The molecule has 1 aliphatic carbocycles. The van der Waals surface area contributed by atoms with Gasteiger partial charge in [0, 0.05) is 22.3 Å². The number of hydrogen-bond donors (Lipinski definition) is 2. The lowest BCUT2D eigenvalue weighted by Gasteiger charge is -2.29. The van der Waals surface area contributed by atoms with Crippen molar-refractivity contribution in [1.82, 2.24) is 0 Å². The second kappa shape index (κ2) is 6.83. The molecule has 4 heteroatoms. The molecule has 0 unspecified atom stereocenters. The minimum Gasteiger partial charge on any atom is -0.507 e. The molecule has 0 radical (unpaired) electrons. The molecular weight excluding hydrogens is 376 g/mol. The minimum atomic E-state index is -0.726. The van der Waals surface area contributed by atoms with E-state index in [1.807, 2.05) is 61.5 Å². The Hall–Kier alpha value is -2.88. The zero-order valence-corrected chi connectivity index (χ0v) is 19.0. The van der Waals surface area contributed by atoms with Gasteiger partial charge in [0.2, 0.25) is 11.6 Å². The van der Waals surface area contributed by atoms with Crippen LogP contribution in [0.4, 0.5) is 0 Å². The molecule has 30 heavy (non-hydrogen) atoms. The maximum Gasteiger partial charge on any atom is 0.237 e. The highest BCUT2D eigenvalue weighted by molar-refractivity contribution is 6.62. The van der Waals surface area contributed by atoms with Crippen molar-refractivity contribution in [2.24, 2.45) is 0 Å². The molecule has 0 saturated heterocycles. The van der Waals surface area contributed by atoms with E-state index in [1.165, 1.54) is 0 Å². The lowest BCUT2D eigenvalue weighted by atomic mass is 9.76. The summed E-state index contributed by atoms with van der Waals surface area (Å²) in [6.07, 6.45) is 0. The highest BCUT2D eigenvalue weighted by Crippen LogP contribution is 2.43. The van der Waals surface area contributed by atoms with E-state index in [2.05, 4.69) is 0 Å². The summed E-state index contributed by atoms with van der Waals surface area (Å²) in [4.78, 5) is 26.0. The number of phenols is 1. The first-order valence-electron chi connectivity index (χ1n) is 10.2. The van der Waals surface area contributed by atoms with Gasteiger partial charge < -0.3 is 10.2 Å². The van der Waals surface area contributed by atoms with Crippen molar-refractivity contribution >= 4 is 22.9 Å². The van der Waals surface area contributed by atoms with Crippen LogP contribution >= 0.6 is 0 Å². The number of carbonyl (C=O) groups excluding carboxylic acids is 2. The summed E-state index contributed by atoms with van der Waals surface area (Å²) in [5, 5.41) is 22.1. The number of Topliss-reactive ketones (excluding diaryl/α,β-unsaturated/α-hetero) is 2. The van der Waals surface area contributed by atoms with E-state index in [9.17, 15) is 19.8 Å². The Balaban J connectivity index is 2.42. The third-order valence-corrected chi connectivity index (χ3v) is 5.65. The Morgan fingerprint density at radius 1 is 0.733 bits per heavy atom. The van der Waals surface area contributed by atoms with Crippen LogP contribution in [0.25, 0.3) is 11.3 Å². The number of aromatic hydroxyl groups is 1. The molecule has 0 bridgehead atoms. The van der Waals surface area contributed by atoms with E-state index < -0.39 is 22.4 Å². The van der Waals surface area contributed by atoms with Gasteiger partial charge in [0.15, 0.2) is 0 Å². The van der Waals surface area contributed by atoms with Crippen LogP contribution in [0.5, 0.6) is 5.75 Å². The van der Waals surface area contributed by atoms with Gasteiger partial charge in [0.25, 0.3) is 0 Å². The number of aliphatic hydroxyl groups is 1. The Kier molecular flexibility index (Phi) is 4.97. The first-order valence-corrected chi connectivity index (χ1v) is 10.2. The summed E-state index contributed by atoms with van der Waals surface area (Å²) in [5.41, 5.74) is 3.22. The summed E-state index contributed by atoms with van der Waals surface area (Å²) in [5.74, 6) is -1.35. The van der Waals surface area contributed by atoms with Gasteiger partial charge in [-0.1, -0.05) is 53.2 Å². The molecule has 2 aromatic rings. The number of rotatable bonds is 1. The molecule has 1 aliphatic rings. The van der Waals surface area contributed by atoms with Gasteiger partial charge in [-0.15, -0.1) is 0 Å². The first kappa shape index (κ1) is 21.8. The summed E-state index contributed by atoms with van der Waals surface area (Å²) < 4.78 is 0. The van der Waals surface area contributed by atoms with E-state index in [0.29, 0.717) is 22.3 Å². The van der Waals surface area contributed by atoms with E-state index in [0.717, 1.165) is 11.1 Å². The van der Waals surface area contributed by atoms with Gasteiger partial charge in [0.1, 0.15) is 11.5 Å². The highest BCUT2D eigenvalue weighted by atomic mass is 16.3. The van der Waals surface area contributed by atoms with Crippen LogP contribution in [0, 0.1) is 13.8 Å². The monoisotopic (exact) mass is 406 g/mol. The van der Waals surface area contributed by atoms with Crippen molar-refractivity contribution in [3.8, 4) is 5.75 Å². The molecule has 2 aromatic carbocycles.